The van der Waals surface area contributed by atoms with Crippen molar-refractivity contribution in [1.82, 2.24) is 15.0 Å². The summed E-state index contributed by atoms with van der Waals surface area (Å²) in [6, 6.07) is 9.74. The van der Waals surface area contributed by atoms with Gasteiger partial charge in [0.15, 0.2) is 5.65 Å². The first-order valence-electron chi connectivity index (χ1n) is 6.79. The van der Waals surface area contributed by atoms with Gasteiger partial charge in [0.05, 0.1) is 5.56 Å². The largest absolute Gasteiger partial charge is 0.308 e. The molecule has 0 radical (unpaired) electrons. The van der Waals surface area contributed by atoms with Gasteiger partial charge in [-0.2, -0.15) is 0 Å². The van der Waals surface area contributed by atoms with Crippen molar-refractivity contribution >= 4 is 22.8 Å². The van der Waals surface area contributed by atoms with Crippen molar-refractivity contribution in [2.45, 2.75) is 6.42 Å². The molecule has 0 aliphatic carbocycles. The highest BCUT2D eigenvalue weighted by Crippen LogP contribution is 2.28. The van der Waals surface area contributed by atoms with Gasteiger partial charge in [-0.3, -0.25) is 9.78 Å². The molecule has 5 nitrogen and oxygen atoms in total. The number of hydrogen-bond donors (Lipinski definition) is 0. The van der Waals surface area contributed by atoms with Crippen LogP contribution in [0.15, 0.2) is 48.9 Å². The van der Waals surface area contributed by atoms with E-state index in [2.05, 4.69) is 21.0 Å². The van der Waals surface area contributed by atoms with Crippen LogP contribution in [0.2, 0.25) is 0 Å². The van der Waals surface area contributed by atoms with E-state index in [4.69, 9.17) is 0 Å². The third-order valence-corrected chi connectivity index (χ3v) is 3.70. The number of carbonyl (C=O) groups excluding carboxylic acids is 1. The minimum Gasteiger partial charge on any atom is -0.308 e. The number of benzene rings is 1. The molecule has 0 bridgehead atoms. The fourth-order valence-electron chi connectivity index (χ4n) is 2.68. The van der Waals surface area contributed by atoms with Crippen molar-refractivity contribution < 1.29 is 4.79 Å². The summed E-state index contributed by atoms with van der Waals surface area (Å²) >= 11 is 0. The van der Waals surface area contributed by atoms with Crippen LogP contribution in [0, 0.1) is 0 Å². The van der Waals surface area contributed by atoms with E-state index in [9.17, 15) is 4.79 Å². The van der Waals surface area contributed by atoms with E-state index in [1.54, 1.807) is 29.6 Å². The molecule has 5 heteroatoms. The molecule has 1 amide bonds. The molecule has 2 aromatic heterocycles. The Hall–Kier alpha value is -2.82. The molecule has 4 rings (SSSR count). The number of pyridine rings is 1. The van der Waals surface area contributed by atoms with Gasteiger partial charge < -0.3 is 4.90 Å². The van der Waals surface area contributed by atoms with Crippen LogP contribution in [-0.4, -0.2) is 27.4 Å². The van der Waals surface area contributed by atoms with Crippen molar-refractivity contribution in [3.05, 3.63) is 60.0 Å². The average molecular weight is 276 g/mol. The summed E-state index contributed by atoms with van der Waals surface area (Å²) in [6.07, 6.45) is 5.65. The molecule has 0 saturated heterocycles. The SMILES string of the molecule is O=C(c1cnc2nccnc2c1)N1CCc2ccccc21. The predicted octanol–water partition coefficient (Wildman–Crippen LogP) is 2.23. The first-order valence-corrected chi connectivity index (χ1v) is 6.79. The maximum atomic E-state index is 12.7. The van der Waals surface area contributed by atoms with Gasteiger partial charge in [-0.05, 0) is 24.1 Å². The number of carbonyl (C=O) groups is 1. The molecule has 0 fully saturated rings. The van der Waals surface area contributed by atoms with Gasteiger partial charge in [0.25, 0.3) is 5.91 Å². The third kappa shape index (κ3) is 1.94. The number of para-hydroxylation sites is 1. The van der Waals surface area contributed by atoms with Crippen LogP contribution in [0.5, 0.6) is 0 Å². The molecule has 21 heavy (non-hydrogen) atoms. The topological polar surface area (TPSA) is 59.0 Å². The smallest absolute Gasteiger partial charge is 0.259 e. The fraction of sp³-hybridized carbons (Fsp3) is 0.125. The summed E-state index contributed by atoms with van der Waals surface area (Å²) in [7, 11) is 0. The number of aromatic nitrogens is 3. The van der Waals surface area contributed by atoms with E-state index >= 15 is 0 Å². The number of fused-ring (bicyclic) bond motifs is 2. The Bertz CT molecular complexity index is 846. The lowest BCUT2D eigenvalue weighted by molar-refractivity contribution is 0.0989. The predicted molar refractivity (Wildman–Crippen MR) is 79.2 cm³/mol. The molecule has 1 aliphatic heterocycles. The maximum absolute atomic E-state index is 12.7. The van der Waals surface area contributed by atoms with Gasteiger partial charge in [0, 0.05) is 30.8 Å². The Labute approximate surface area is 121 Å². The summed E-state index contributed by atoms with van der Waals surface area (Å²) in [6.45, 7) is 0.705. The molecule has 0 N–H and O–H groups in total. The van der Waals surface area contributed by atoms with E-state index in [0.717, 1.165) is 12.1 Å². The highest BCUT2D eigenvalue weighted by atomic mass is 16.2. The van der Waals surface area contributed by atoms with Crippen molar-refractivity contribution in [3.63, 3.8) is 0 Å². The van der Waals surface area contributed by atoms with Crippen molar-refractivity contribution in [2.75, 3.05) is 11.4 Å². The first kappa shape index (κ1) is 12.0. The van der Waals surface area contributed by atoms with Gasteiger partial charge in [0.1, 0.15) is 5.52 Å². The number of nitrogens with zero attached hydrogens (tertiary/aromatic N) is 4. The van der Waals surface area contributed by atoms with Crippen LogP contribution < -0.4 is 4.90 Å². The normalized spacial score (nSPS) is 13.4. The summed E-state index contributed by atoms with van der Waals surface area (Å²) in [5.41, 5.74) is 3.92. The molecule has 1 aromatic carbocycles. The van der Waals surface area contributed by atoms with E-state index in [0.29, 0.717) is 23.3 Å². The number of amides is 1. The fourth-order valence-corrected chi connectivity index (χ4v) is 2.68. The Balaban J connectivity index is 1.74. The van der Waals surface area contributed by atoms with Crippen LogP contribution in [0.4, 0.5) is 5.69 Å². The molecular formula is C16H12N4O. The zero-order valence-electron chi connectivity index (χ0n) is 11.2. The summed E-state index contributed by atoms with van der Waals surface area (Å²) in [5.74, 6) is -0.0417. The number of anilines is 1. The van der Waals surface area contributed by atoms with Crippen LogP contribution in [0.1, 0.15) is 15.9 Å². The molecular weight excluding hydrogens is 264 g/mol. The highest BCUT2D eigenvalue weighted by Gasteiger charge is 2.25. The Morgan fingerprint density at radius 3 is 2.90 bits per heavy atom. The Morgan fingerprint density at radius 2 is 1.95 bits per heavy atom. The van der Waals surface area contributed by atoms with E-state index < -0.39 is 0 Å². The number of hydrogen-bond acceptors (Lipinski definition) is 4. The average Bonchev–Trinajstić information content (AvgIpc) is 2.98. The van der Waals surface area contributed by atoms with Crippen molar-refractivity contribution in [3.8, 4) is 0 Å². The molecule has 0 saturated carbocycles. The van der Waals surface area contributed by atoms with Gasteiger partial charge in [-0.1, -0.05) is 18.2 Å². The summed E-state index contributed by atoms with van der Waals surface area (Å²) in [5, 5.41) is 0. The second kappa shape index (κ2) is 4.63. The monoisotopic (exact) mass is 276 g/mol. The van der Waals surface area contributed by atoms with Crippen LogP contribution in [0.25, 0.3) is 11.2 Å². The third-order valence-electron chi connectivity index (χ3n) is 3.70. The Morgan fingerprint density at radius 1 is 1.10 bits per heavy atom. The molecule has 3 aromatic rings. The van der Waals surface area contributed by atoms with E-state index in [1.165, 1.54) is 5.56 Å². The van der Waals surface area contributed by atoms with Gasteiger partial charge in [-0.25, -0.2) is 9.97 Å². The summed E-state index contributed by atoms with van der Waals surface area (Å²) < 4.78 is 0. The lowest BCUT2D eigenvalue weighted by Crippen LogP contribution is -2.29. The van der Waals surface area contributed by atoms with Crippen molar-refractivity contribution in [2.24, 2.45) is 0 Å². The van der Waals surface area contributed by atoms with Gasteiger partial charge >= 0.3 is 0 Å². The Kier molecular flexibility index (Phi) is 2.64. The molecule has 1 aliphatic rings. The lowest BCUT2D eigenvalue weighted by atomic mass is 10.2. The van der Waals surface area contributed by atoms with E-state index in [1.807, 2.05) is 18.2 Å². The molecule has 3 heterocycles. The highest BCUT2D eigenvalue weighted by molar-refractivity contribution is 6.08. The van der Waals surface area contributed by atoms with Crippen LogP contribution in [-0.2, 0) is 6.42 Å². The van der Waals surface area contributed by atoms with Crippen LogP contribution in [0.3, 0.4) is 0 Å². The molecule has 0 unspecified atom stereocenters. The molecule has 102 valence electrons. The standard InChI is InChI=1S/C16H12N4O/c21-16(20-8-5-11-3-1-2-4-14(11)20)12-9-13-15(19-10-12)18-7-6-17-13/h1-4,6-7,9-10H,5,8H2. The zero-order valence-corrected chi connectivity index (χ0v) is 11.2. The molecule has 0 spiro atoms. The lowest BCUT2D eigenvalue weighted by Gasteiger charge is -2.17. The zero-order chi connectivity index (χ0) is 14.2. The number of rotatable bonds is 1. The minimum atomic E-state index is -0.0417. The molecule has 0 atom stereocenters. The van der Waals surface area contributed by atoms with Crippen LogP contribution >= 0.6 is 0 Å². The quantitative estimate of drug-likeness (QED) is 0.684. The van der Waals surface area contributed by atoms with Gasteiger partial charge in [0.2, 0.25) is 0 Å². The minimum absolute atomic E-state index is 0.0417. The second-order valence-corrected chi connectivity index (χ2v) is 4.96. The summed E-state index contributed by atoms with van der Waals surface area (Å²) in [4.78, 5) is 27.0. The van der Waals surface area contributed by atoms with Crippen molar-refractivity contribution in [1.29, 1.82) is 0 Å². The van der Waals surface area contributed by atoms with E-state index in [-0.39, 0.29) is 5.91 Å². The first-order chi connectivity index (χ1) is 10.3. The maximum Gasteiger partial charge on any atom is 0.259 e. The second-order valence-electron chi connectivity index (χ2n) is 4.96. The van der Waals surface area contributed by atoms with Gasteiger partial charge in [-0.15, -0.1) is 0 Å².